The first-order valence-corrected chi connectivity index (χ1v) is 7.42. The Labute approximate surface area is 129 Å². The van der Waals surface area contributed by atoms with Gasteiger partial charge in [-0.2, -0.15) is 0 Å². The SMILES string of the molecule is COc1ccccc1C(O)c1ccc2c(c1)CCCC(=O)N2. The largest absolute Gasteiger partial charge is 0.496 e. The zero-order valence-electron chi connectivity index (χ0n) is 12.5. The first kappa shape index (κ1) is 14.6. The number of aryl methyl sites for hydroxylation is 1. The molecule has 4 nitrogen and oxygen atoms in total. The van der Waals surface area contributed by atoms with Crippen molar-refractivity contribution in [1.29, 1.82) is 0 Å². The molecular formula is C18H19NO3. The Morgan fingerprint density at radius 3 is 2.82 bits per heavy atom. The van der Waals surface area contributed by atoms with E-state index in [1.54, 1.807) is 7.11 Å². The standard InChI is InChI=1S/C18H19NO3/c1-22-16-7-3-2-6-14(16)18(21)13-9-10-15-12(11-13)5-4-8-17(20)19-15/h2-3,6-7,9-11,18,21H,4-5,8H2,1H3,(H,19,20). The van der Waals surface area contributed by atoms with Gasteiger partial charge in [0.1, 0.15) is 11.9 Å². The van der Waals surface area contributed by atoms with Crippen molar-refractivity contribution in [2.75, 3.05) is 12.4 Å². The average Bonchev–Trinajstić information content (AvgIpc) is 2.74. The normalized spacial score (nSPS) is 15.5. The van der Waals surface area contributed by atoms with Crippen molar-refractivity contribution in [3.63, 3.8) is 0 Å². The molecule has 22 heavy (non-hydrogen) atoms. The highest BCUT2D eigenvalue weighted by atomic mass is 16.5. The predicted molar refractivity (Wildman–Crippen MR) is 85.1 cm³/mol. The van der Waals surface area contributed by atoms with E-state index in [-0.39, 0.29) is 5.91 Å². The van der Waals surface area contributed by atoms with Gasteiger partial charge in [0.25, 0.3) is 0 Å². The van der Waals surface area contributed by atoms with Gasteiger partial charge in [-0.1, -0.05) is 30.3 Å². The minimum atomic E-state index is -0.750. The number of ether oxygens (including phenoxy) is 1. The summed E-state index contributed by atoms with van der Waals surface area (Å²) in [6.45, 7) is 0. The average molecular weight is 297 g/mol. The number of anilines is 1. The molecule has 0 saturated carbocycles. The van der Waals surface area contributed by atoms with Crippen LogP contribution in [0.1, 0.15) is 35.6 Å². The Morgan fingerprint density at radius 1 is 1.18 bits per heavy atom. The second-order valence-electron chi connectivity index (χ2n) is 5.46. The second-order valence-corrected chi connectivity index (χ2v) is 5.46. The molecule has 1 aliphatic rings. The molecule has 2 aromatic carbocycles. The highest BCUT2D eigenvalue weighted by Gasteiger charge is 2.18. The summed E-state index contributed by atoms with van der Waals surface area (Å²) in [6, 6.07) is 13.1. The molecule has 1 unspecified atom stereocenters. The van der Waals surface area contributed by atoms with Crippen molar-refractivity contribution in [2.45, 2.75) is 25.4 Å². The van der Waals surface area contributed by atoms with Crippen LogP contribution in [0.15, 0.2) is 42.5 Å². The molecule has 0 bridgehead atoms. The van der Waals surface area contributed by atoms with Crippen molar-refractivity contribution >= 4 is 11.6 Å². The van der Waals surface area contributed by atoms with E-state index in [0.29, 0.717) is 12.2 Å². The molecule has 4 heteroatoms. The number of amides is 1. The molecule has 2 aromatic rings. The number of carbonyl (C=O) groups is 1. The lowest BCUT2D eigenvalue weighted by Crippen LogP contribution is -2.09. The van der Waals surface area contributed by atoms with E-state index < -0.39 is 6.10 Å². The fourth-order valence-electron chi connectivity index (χ4n) is 2.84. The van der Waals surface area contributed by atoms with E-state index >= 15 is 0 Å². The van der Waals surface area contributed by atoms with Crippen molar-refractivity contribution in [1.82, 2.24) is 0 Å². The van der Waals surface area contributed by atoms with Crippen molar-refractivity contribution in [3.05, 3.63) is 59.2 Å². The Balaban J connectivity index is 1.95. The maximum absolute atomic E-state index is 11.6. The highest BCUT2D eigenvalue weighted by molar-refractivity contribution is 5.92. The van der Waals surface area contributed by atoms with Gasteiger partial charge in [-0.3, -0.25) is 4.79 Å². The number of fused-ring (bicyclic) bond motifs is 1. The van der Waals surface area contributed by atoms with Crippen LogP contribution in [0.3, 0.4) is 0 Å². The molecule has 0 fully saturated rings. The van der Waals surface area contributed by atoms with Gasteiger partial charge in [0.15, 0.2) is 0 Å². The van der Waals surface area contributed by atoms with Crippen LogP contribution in [0.4, 0.5) is 5.69 Å². The molecule has 1 atom stereocenters. The number of hydrogen-bond acceptors (Lipinski definition) is 3. The number of para-hydroxylation sites is 1. The zero-order valence-corrected chi connectivity index (χ0v) is 12.5. The fourth-order valence-corrected chi connectivity index (χ4v) is 2.84. The summed E-state index contributed by atoms with van der Waals surface area (Å²) in [6.07, 6.45) is 1.45. The van der Waals surface area contributed by atoms with Crippen LogP contribution in [-0.2, 0) is 11.2 Å². The van der Waals surface area contributed by atoms with Crippen molar-refractivity contribution < 1.29 is 14.6 Å². The van der Waals surface area contributed by atoms with Crippen LogP contribution < -0.4 is 10.1 Å². The third kappa shape index (κ3) is 2.83. The number of aliphatic hydroxyl groups is 1. The molecular weight excluding hydrogens is 278 g/mol. The highest BCUT2D eigenvalue weighted by Crippen LogP contribution is 2.32. The summed E-state index contributed by atoms with van der Waals surface area (Å²) in [7, 11) is 1.60. The second kappa shape index (κ2) is 6.20. The topological polar surface area (TPSA) is 58.6 Å². The molecule has 0 radical (unpaired) electrons. The van der Waals surface area contributed by atoms with Crippen molar-refractivity contribution in [2.24, 2.45) is 0 Å². The van der Waals surface area contributed by atoms with Crippen LogP contribution in [-0.4, -0.2) is 18.1 Å². The molecule has 3 rings (SSSR count). The summed E-state index contributed by atoms with van der Waals surface area (Å²) in [5.41, 5.74) is 3.46. The predicted octanol–water partition coefficient (Wildman–Crippen LogP) is 3.05. The molecule has 1 amide bonds. The Hall–Kier alpha value is -2.33. The van der Waals surface area contributed by atoms with Crippen LogP contribution in [0.25, 0.3) is 0 Å². The van der Waals surface area contributed by atoms with E-state index in [1.165, 1.54) is 0 Å². The van der Waals surface area contributed by atoms with Crippen LogP contribution in [0.2, 0.25) is 0 Å². The molecule has 1 heterocycles. The maximum atomic E-state index is 11.6. The summed E-state index contributed by atoms with van der Waals surface area (Å²) in [5.74, 6) is 0.718. The van der Waals surface area contributed by atoms with Gasteiger partial charge in [-0.25, -0.2) is 0 Å². The third-order valence-electron chi connectivity index (χ3n) is 4.00. The first-order chi connectivity index (χ1) is 10.7. The molecule has 114 valence electrons. The Kier molecular flexibility index (Phi) is 4.11. The van der Waals surface area contributed by atoms with Gasteiger partial charge >= 0.3 is 0 Å². The molecule has 0 aliphatic carbocycles. The number of methoxy groups -OCH3 is 1. The number of hydrogen-bond donors (Lipinski definition) is 2. The number of rotatable bonds is 3. The maximum Gasteiger partial charge on any atom is 0.224 e. The molecule has 1 aliphatic heterocycles. The summed E-state index contributed by atoms with van der Waals surface area (Å²) >= 11 is 0. The lowest BCUT2D eigenvalue weighted by molar-refractivity contribution is -0.116. The third-order valence-corrected chi connectivity index (χ3v) is 4.00. The van der Waals surface area contributed by atoms with E-state index in [4.69, 9.17) is 4.74 Å². The van der Waals surface area contributed by atoms with Gasteiger partial charge < -0.3 is 15.2 Å². The van der Waals surface area contributed by atoms with E-state index in [0.717, 1.165) is 35.2 Å². The molecule has 0 spiro atoms. The lowest BCUT2D eigenvalue weighted by atomic mass is 9.97. The van der Waals surface area contributed by atoms with E-state index in [1.807, 2.05) is 42.5 Å². The van der Waals surface area contributed by atoms with Gasteiger partial charge in [0, 0.05) is 17.7 Å². The zero-order chi connectivity index (χ0) is 15.5. The number of aliphatic hydroxyl groups excluding tert-OH is 1. The summed E-state index contributed by atoms with van der Waals surface area (Å²) in [5, 5.41) is 13.6. The lowest BCUT2D eigenvalue weighted by Gasteiger charge is -2.17. The minimum absolute atomic E-state index is 0.0526. The fraction of sp³-hybridized carbons (Fsp3) is 0.278. The summed E-state index contributed by atoms with van der Waals surface area (Å²) < 4.78 is 5.32. The van der Waals surface area contributed by atoms with Crippen molar-refractivity contribution in [3.8, 4) is 5.75 Å². The Bertz CT molecular complexity index is 696. The smallest absolute Gasteiger partial charge is 0.224 e. The molecule has 2 N–H and O–H groups in total. The molecule has 0 saturated heterocycles. The van der Waals surface area contributed by atoms with Gasteiger partial charge in [-0.05, 0) is 36.1 Å². The first-order valence-electron chi connectivity index (χ1n) is 7.42. The number of nitrogens with one attached hydrogen (secondary N) is 1. The van der Waals surface area contributed by atoms with Gasteiger partial charge in [0.2, 0.25) is 5.91 Å². The van der Waals surface area contributed by atoms with Crippen LogP contribution in [0.5, 0.6) is 5.75 Å². The van der Waals surface area contributed by atoms with E-state index in [2.05, 4.69) is 5.32 Å². The number of benzene rings is 2. The molecule has 0 aromatic heterocycles. The van der Waals surface area contributed by atoms with Gasteiger partial charge in [0.05, 0.1) is 7.11 Å². The van der Waals surface area contributed by atoms with E-state index in [9.17, 15) is 9.90 Å². The summed E-state index contributed by atoms with van der Waals surface area (Å²) in [4.78, 5) is 11.6. The monoisotopic (exact) mass is 297 g/mol. The minimum Gasteiger partial charge on any atom is -0.496 e. The van der Waals surface area contributed by atoms with Gasteiger partial charge in [-0.15, -0.1) is 0 Å². The number of carbonyl (C=O) groups excluding carboxylic acids is 1. The quantitative estimate of drug-likeness (QED) is 0.915. The van der Waals surface area contributed by atoms with Crippen LogP contribution in [0, 0.1) is 0 Å². The Morgan fingerprint density at radius 2 is 2.00 bits per heavy atom. The van der Waals surface area contributed by atoms with Crippen LogP contribution >= 0.6 is 0 Å².